The molecular weight excluding hydrogens is 292 g/mol. The zero-order valence-corrected chi connectivity index (χ0v) is 14.9. The lowest BCUT2D eigenvalue weighted by atomic mass is 10.4. The molecule has 6 heteroatoms. The number of unbranched alkanes of at least 4 members (excludes halogenated alkanes) is 1. The lowest BCUT2D eigenvalue weighted by Crippen LogP contribution is -2.38. The molecule has 2 N–H and O–H groups in total. The van der Waals surface area contributed by atoms with Gasteiger partial charge in [-0.3, -0.25) is 9.79 Å². The molecule has 0 radical (unpaired) electrons. The van der Waals surface area contributed by atoms with Crippen LogP contribution in [0.15, 0.2) is 4.99 Å². The van der Waals surface area contributed by atoms with E-state index in [9.17, 15) is 4.79 Å². The average molecular weight is 326 g/mol. The molecule has 0 aromatic carbocycles. The van der Waals surface area contributed by atoms with E-state index in [0.29, 0.717) is 12.3 Å². The van der Waals surface area contributed by atoms with Crippen LogP contribution in [0, 0.1) is 0 Å². The van der Waals surface area contributed by atoms with Gasteiger partial charge in [-0.25, -0.2) is 0 Å². The Hall–Kier alpha value is -1.30. The Bertz CT molecular complexity index is 347. The van der Waals surface area contributed by atoms with Crippen LogP contribution < -0.4 is 10.6 Å². The van der Waals surface area contributed by atoms with Crippen molar-refractivity contribution in [2.75, 3.05) is 45.9 Å². The number of carbonyl (C=O) groups is 1. The first-order valence-corrected chi connectivity index (χ1v) is 9.15. The molecule has 1 aliphatic rings. The van der Waals surface area contributed by atoms with Crippen LogP contribution in [-0.2, 0) is 9.53 Å². The molecule has 0 aromatic rings. The number of hydrogen-bond donors (Lipinski definition) is 2. The van der Waals surface area contributed by atoms with E-state index in [1.165, 1.54) is 6.42 Å². The Morgan fingerprint density at radius 3 is 2.74 bits per heavy atom. The Morgan fingerprint density at radius 2 is 2.04 bits per heavy atom. The predicted octanol–water partition coefficient (Wildman–Crippen LogP) is 1.76. The van der Waals surface area contributed by atoms with Gasteiger partial charge in [0.25, 0.3) is 0 Å². The second-order valence-corrected chi connectivity index (χ2v) is 5.84. The highest BCUT2D eigenvalue weighted by atomic mass is 16.5. The maximum atomic E-state index is 11.5. The molecule has 1 rings (SSSR count). The third-order valence-corrected chi connectivity index (χ3v) is 3.77. The van der Waals surface area contributed by atoms with Gasteiger partial charge >= 0.3 is 0 Å². The highest BCUT2D eigenvalue weighted by Crippen LogP contribution is 2.09. The van der Waals surface area contributed by atoms with Crippen molar-refractivity contribution in [3.8, 4) is 0 Å². The molecule has 0 aromatic heterocycles. The first-order chi connectivity index (χ1) is 11.3. The van der Waals surface area contributed by atoms with Crippen LogP contribution in [0.2, 0.25) is 0 Å². The number of hydrogen-bond acceptors (Lipinski definition) is 3. The third kappa shape index (κ3) is 9.43. The average Bonchev–Trinajstić information content (AvgIpc) is 2.95. The summed E-state index contributed by atoms with van der Waals surface area (Å²) in [5.41, 5.74) is 0. The van der Waals surface area contributed by atoms with E-state index < -0.39 is 0 Å². The van der Waals surface area contributed by atoms with Gasteiger partial charge in [0.05, 0.1) is 0 Å². The number of amides is 1. The zero-order valence-electron chi connectivity index (χ0n) is 14.9. The standard InChI is InChI=1S/C17H34N4O2/c1-3-5-14-23-15-8-11-20-17(18-4-2)19-10-7-13-21-12-6-9-16(21)22/h3-15H2,1-2H3,(H2,18,19,20). The summed E-state index contributed by atoms with van der Waals surface area (Å²) in [5, 5.41) is 6.58. The van der Waals surface area contributed by atoms with Crippen molar-refractivity contribution in [3.63, 3.8) is 0 Å². The summed E-state index contributed by atoms with van der Waals surface area (Å²) in [6, 6.07) is 0. The molecular formula is C17H34N4O2. The minimum absolute atomic E-state index is 0.294. The number of likely N-dealkylation sites (tertiary alicyclic amines) is 1. The molecule has 6 nitrogen and oxygen atoms in total. The topological polar surface area (TPSA) is 66.0 Å². The van der Waals surface area contributed by atoms with E-state index in [0.717, 1.165) is 77.6 Å². The maximum Gasteiger partial charge on any atom is 0.222 e. The lowest BCUT2D eigenvalue weighted by molar-refractivity contribution is -0.127. The molecule has 0 bridgehead atoms. The minimum Gasteiger partial charge on any atom is -0.381 e. The van der Waals surface area contributed by atoms with E-state index in [-0.39, 0.29) is 0 Å². The second kappa shape index (κ2) is 13.2. The number of nitrogens with one attached hydrogen (secondary N) is 2. The van der Waals surface area contributed by atoms with Crippen LogP contribution >= 0.6 is 0 Å². The zero-order chi connectivity index (χ0) is 16.8. The monoisotopic (exact) mass is 326 g/mol. The fourth-order valence-electron chi connectivity index (χ4n) is 2.46. The Kier molecular flexibility index (Phi) is 11.3. The molecule has 23 heavy (non-hydrogen) atoms. The van der Waals surface area contributed by atoms with Gasteiger partial charge in [-0.2, -0.15) is 0 Å². The van der Waals surface area contributed by atoms with E-state index in [1.807, 2.05) is 4.90 Å². The molecule has 1 saturated heterocycles. The summed E-state index contributed by atoms with van der Waals surface area (Å²) in [6.45, 7) is 10.1. The second-order valence-electron chi connectivity index (χ2n) is 5.84. The van der Waals surface area contributed by atoms with Crippen LogP contribution in [-0.4, -0.2) is 62.7 Å². The lowest BCUT2D eigenvalue weighted by Gasteiger charge is -2.15. The van der Waals surface area contributed by atoms with Crippen molar-refractivity contribution in [1.82, 2.24) is 15.5 Å². The van der Waals surface area contributed by atoms with E-state index in [4.69, 9.17) is 4.74 Å². The van der Waals surface area contributed by atoms with Gasteiger partial charge in [0.1, 0.15) is 0 Å². The third-order valence-electron chi connectivity index (χ3n) is 3.77. The summed E-state index contributed by atoms with van der Waals surface area (Å²) in [6.07, 6.45) is 5.94. The Labute approximate surface area is 141 Å². The van der Waals surface area contributed by atoms with Crippen LogP contribution in [0.1, 0.15) is 52.4 Å². The van der Waals surface area contributed by atoms with Crippen LogP contribution in [0.4, 0.5) is 0 Å². The number of nitrogens with zero attached hydrogens (tertiary/aromatic N) is 2. The molecule has 1 amide bonds. The van der Waals surface area contributed by atoms with Crippen molar-refractivity contribution >= 4 is 11.9 Å². The molecule has 0 spiro atoms. The van der Waals surface area contributed by atoms with Gasteiger partial charge in [0, 0.05) is 52.4 Å². The number of aliphatic imine (C=N–C) groups is 1. The number of rotatable bonds is 12. The molecule has 0 aliphatic carbocycles. The highest BCUT2D eigenvalue weighted by molar-refractivity contribution is 5.79. The van der Waals surface area contributed by atoms with Crippen molar-refractivity contribution in [2.24, 2.45) is 4.99 Å². The fourth-order valence-corrected chi connectivity index (χ4v) is 2.46. The molecule has 1 aliphatic heterocycles. The van der Waals surface area contributed by atoms with E-state index in [2.05, 4.69) is 29.5 Å². The SMILES string of the molecule is CCCCOCCCNC(=NCCCN1CCCC1=O)NCC. The first-order valence-electron chi connectivity index (χ1n) is 9.15. The summed E-state index contributed by atoms with van der Waals surface area (Å²) in [7, 11) is 0. The maximum absolute atomic E-state index is 11.5. The van der Waals surface area contributed by atoms with Crippen LogP contribution in [0.5, 0.6) is 0 Å². The van der Waals surface area contributed by atoms with Gasteiger partial charge < -0.3 is 20.3 Å². The Morgan fingerprint density at radius 1 is 1.22 bits per heavy atom. The van der Waals surface area contributed by atoms with Crippen LogP contribution in [0.25, 0.3) is 0 Å². The van der Waals surface area contributed by atoms with Crippen molar-refractivity contribution in [2.45, 2.75) is 52.4 Å². The van der Waals surface area contributed by atoms with Crippen molar-refractivity contribution in [3.05, 3.63) is 0 Å². The number of carbonyl (C=O) groups excluding carboxylic acids is 1. The van der Waals surface area contributed by atoms with Gasteiger partial charge in [0.2, 0.25) is 5.91 Å². The largest absolute Gasteiger partial charge is 0.381 e. The molecule has 1 fully saturated rings. The summed E-state index contributed by atoms with van der Waals surface area (Å²) in [5.74, 6) is 1.15. The minimum atomic E-state index is 0.294. The van der Waals surface area contributed by atoms with Gasteiger partial charge in [-0.05, 0) is 32.6 Å². The van der Waals surface area contributed by atoms with E-state index >= 15 is 0 Å². The van der Waals surface area contributed by atoms with Crippen molar-refractivity contribution < 1.29 is 9.53 Å². The molecule has 134 valence electrons. The molecule has 0 atom stereocenters. The van der Waals surface area contributed by atoms with E-state index in [1.54, 1.807) is 0 Å². The summed E-state index contributed by atoms with van der Waals surface area (Å²) >= 11 is 0. The number of ether oxygens (including phenoxy) is 1. The molecule has 1 heterocycles. The molecule has 0 saturated carbocycles. The fraction of sp³-hybridized carbons (Fsp3) is 0.882. The summed E-state index contributed by atoms with van der Waals surface area (Å²) < 4.78 is 5.54. The van der Waals surface area contributed by atoms with Gasteiger partial charge in [-0.1, -0.05) is 13.3 Å². The first kappa shape index (κ1) is 19.7. The number of guanidine groups is 1. The van der Waals surface area contributed by atoms with Gasteiger partial charge in [0.15, 0.2) is 5.96 Å². The van der Waals surface area contributed by atoms with Gasteiger partial charge in [-0.15, -0.1) is 0 Å². The van der Waals surface area contributed by atoms with Crippen molar-refractivity contribution in [1.29, 1.82) is 0 Å². The molecule has 0 unspecified atom stereocenters. The Balaban J connectivity index is 2.10. The smallest absolute Gasteiger partial charge is 0.222 e. The predicted molar refractivity (Wildman–Crippen MR) is 94.8 cm³/mol. The highest BCUT2D eigenvalue weighted by Gasteiger charge is 2.18. The van der Waals surface area contributed by atoms with Crippen LogP contribution in [0.3, 0.4) is 0 Å². The summed E-state index contributed by atoms with van der Waals surface area (Å²) in [4.78, 5) is 18.0. The normalized spacial score (nSPS) is 15.3. The quantitative estimate of drug-likeness (QED) is 0.326.